The van der Waals surface area contributed by atoms with E-state index in [9.17, 15) is 37.7 Å². The van der Waals surface area contributed by atoms with Crippen LogP contribution in [0.5, 0.6) is 0 Å². The van der Waals surface area contributed by atoms with Crippen molar-refractivity contribution < 1.29 is 61.7 Å². The molecule has 0 saturated carbocycles. The number of rotatable bonds is 13. The second-order valence-corrected chi connectivity index (χ2v) is 7.22. The van der Waals surface area contributed by atoms with Gasteiger partial charge in [-0.3, -0.25) is 4.79 Å². The number of halogens is 4. The van der Waals surface area contributed by atoms with E-state index in [1.165, 1.54) is 0 Å². The number of hydrogen-bond donors (Lipinski definition) is 5. The van der Waals surface area contributed by atoms with Crippen LogP contribution >= 0.6 is 0 Å². The minimum atomic E-state index is -2.02. The molecule has 1 aromatic carbocycles. The fourth-order valence-corrected chi connectivity index (χ4v) is 3.03. The van der Waals surface area contributed by atoms with Crippen LogP contribution in [-0.4, -0.2) is 103 Å². The van der Waals surface area contributed by atoms with Crippen LogP contribution in [0.2, 0.25) is 0 Å². The molecule has 5 atom stereocenters. The second-order valence-electron chi connectivity index (χ2n) is 7.22. The molecule has 1 aliphatic heterocycles. The zero-order valence-corrected chi connectivity index (χ0v) is 18.5. The molecular formula is C19H24F4N4O9. The number of carbonyl (C=O) groups is 1. The maximum atomic E-state index is 13.9. The summed E-state index contributed by atoms with van der Waals surface area (Å²) in [6, 6.07) is 0. The molecule has 13 nitrogen and oxygen atoms in total. The van der Waals surface area contributed by atoms with E-state index in [0.29, 0.717) is 0 Å². The smallest absolute Gasteiger partial charge is 0.257 e. The Labute approximate surface area is 200 Å². The lowest BCUT2D eigenvalue weighted by molar-refractivity contribution is -0.302. The second kappa shape index (κ2) is 14.2. The molecule has 0 aliphatic carbocycles. The molecule has 17 heteroatoms. The van der Waals surface area contributed by atoms with Gasteiger partial charge in [0.15, 0.2) is 29.6 Å². The van der Waals surface area contributed by atoms with Gasteiger partial charge >= 0.3 is 0 Å². The van der Waals surface area contributed by atoms with Gasteiger partial charge in [0, 0.05) is 11.5 Å². The Morgan fingerprint density at radius 1 is 0.944 bits per heavy atom. The Hall–Kier alpha value is -2.60. The molecule has 5 N–H and O–H groups in total. The third-order valence-electron chi connectivity index (χ3n) is 4.87. The molecule has 0 bridgehead atoms. The number of aliphatic hydroxyl groups is 4. The lowest BCUT2D eigenvalue weighted by atomic mass is 9.99. The van der Waals surface area contributed by atoms with Crippen molar-refractivity contribution in [3.05, 3.63) is 39.3 Å². The summed E-state index contributed by atoms with van der Waals surface area (Å²) in [7, 11) is 0. The summed E-state index contributed by atoms with van der Waals surface area (Å²) in [6.07, 6.45) is -7.02. The van der Waals surface area contributed by atoms with Crippen molar-refractivity contribution >= 4 is 11.6 Å². The Kier molecular flexibility index (Phi) is 11.7. The molecule has 0 radical (unpaired) electrons. The first-order chi connectivity index (χ1) is 17.1. The highest BCUT2D eigenvalue weighted by molar-refractivity contribution is 5.95. The monoisotopic (exact) mass is 528 g/mol. The van der Waals surface area contributed by atoms with E-state index in [2.05, 4.69) is 10.0 Å². The number of ether oxygens (including phenoxy) is 4. The first kappa shape index (κ1) is 29.6. The quantitative estimate of drug-likeness (QED) is 0.0573. The zero-order valence-electron chi connectivity index (χ0n) is 18.5. The van der Waals surface area contributed by atoms with Crippen LogP contribution in [0.3, 0.4) is 0 Å². The van der Waals surface area contributed by atoms with Crippen molar-refractivity contribution in [3.8, 4) is 0 Å². The standard InChI is InChI=1S/C19H24F4N4O9/c20-10-9(11(21)13(23)14(12(10)22)26-27-24)18(32)25-1-2-33-3-4-34-5-6-35-19-17(31)16(30)15(29)8(7-28)36-19/h8,15-17,19,28-31H,1-7H2,(H,25,32)/t8?,15-,16+,17?,19+/m1/s1. The van der Waals surface area contributed by atoms with Crippen LogP contribution < -0.4 is 5.32 Å². The van der Waals surface area contributed by atoms with Gasteiger partial charge in [0.25, 0.3) is 5.91 Å². The highest BCUT2D eigenvalue weighted by atomic mass is 19.2. The summed E-state index contributed by atoms with van der Waals surface area (Å²) in [4.78, 5) is 14.0. The summed E-state index contributed by atoms with van der Waals surface area (Å²) in [5.41, 5.74) is 5.15. The van der Waals surface area contributed by atoms with Gasteiger partial charge in [0.05, 0.1) is 39.6 Å². The van der Waals surface area contributed by atoms with E-state index in [1.54, 1.807) is 0 Å². The van der Waals surface area contributed by atoms with Crippen molar-refractivity contribution in [1.82, 2.24) is 5.32 Å². The molecule has 2 unspecified atom stereocenters. The van der Waals surface area contributed by atoms with Crippen molar-refractivity contribution in [2.45, 2.75) is 30.7 Å². The number of azide groups is 1. The predicted octanol–water partition coefficient (Wildman–Crippen LogP) is -0.236. The Bertz CT molecular complexity index is 923. The highest BCUT2D eigenvalue weighted by Gasteiger charge is 2.43. The van der Waals surface area contributed by atoms with Crippen molar-refractivity contribution in [2.75, 3.05) is 46.2 Å². The van der Waals surface area contributed by atoms with Gasteiger partial charge in [-0.2, -0.15) is 0 Å². The topological polar surface area (TPSA) is 196 Å². The molecule has 1 aromatic rings. The molecule has 1 heterocycles. The largest absolute Gasteiger partial charge is 0.394 e. The fourth-order valence-electron chi connectivity index (χ4n) is 3.03. The molecule has 0 spiro atoms. The third kappa shape index (κ3) is 7.22. The minimum Gasteiger partial charge on any atom is -0.394 e. The average molecular weight is 528 g/mol. The van der Waals surface area contributed by atoms with Crippen molar-refractivity contribution in [3.63, 3.8) is 0 Å². The van der Waals surface area contributed by atoms with E-state index >= 15 is 0 Å². The van der Waals surface area contributed by atoms with Gasteiger partial charge in [-0.15, -0.1) is 0 Å². The normalized spacial score (nSPS) is 23.8. The van der Waals surface area contributed by atoms with E-state index in [-0.39, 0.29) is 39.6 Å². The van der Waals surface area contributed by atoms with Gasteiger partial charge in [-0.1, -0.05) is 5.11 Å². The third-order valence-corrected chi connectivity index (χ3v) is 4.87. The summed E-state index contributed by atoms with van der Waals surface area (Å²) in [5, 5.41) is 42.8. The van der Waals surface area contributed by atoms with Gasteiger partial charge in [0.1, 0.15) is 35.7 Å². The molecule has 36 heavy (non-hydrogen) atoms. The van der Waals surface area contributed by atoms with Crippen LogP contribution in [0.1, 0.15) is 10.4 Å². The number of benzene rings is 1. The van der Waals surface area contributed by atoms with Gasteiger partial charge in [-0.05, 0) is 5.53 Å². The molecule has 0 aromatic heterocycles. The minimum absolute atomic E-state index is 0.0106. The number of nitrogens with one attached hydrogen (secondary N) is 1. The lowest BCUT2D eigenvalue weighted by Gasteiger charge is -2.39. The molecule has 202 valence electrons. The molecule has 1 fully saturated rings. The molecule has 1 saturated heterocycles. The van der Waals surface area contributed by atoms with Gasteiger partial charge < -0.3 is 44.7 Å². The summed E-state index contributed by atoms with van der Waals surface area (Å²) in [5.74, 6) is -9.52. The number of amides is 1. The SMILES string of the molecule is [N-]=[N+]=Nc1c(F)c(F)c(C(=O)NCCOCCOCCO[C@H]2OC(CO)[C@@H](O)[C@H](O)C2O)c(F)c1F. The van der Waals surface area contributed by atoms with Crippen LogP contribution in [0, 0.1) is 23.3 Å². The van der Waals surface area contributed by atoms with E-state index in [4.69, 9.17) is 29.6 Å². The predicted molar refractivity (Wildman–Crippen MR) is 109 cm³/mol. The molecule has 1 amide bonds. The maximum Gasteiger partial charge on any atom is 0.257 e. The Morgan fingerprint density at radius 3 is 2.11 bits per heavy atom. The summed E-state index contributed by atoms with van der Waals surface area (Å²) < 4.78 is 76.0. The number of aliphatic hydroxyl groups excluding tert-OH is 4. The molecular weight excluding hydrogens is 504 g/mol. The number of hydrogen-bond acceptors (Lipinski definition) is 10. The number of carbonyl (C=O) groups excluding carboxylic acids is 1. The molecule has 2 rings (SSSR count). The first-order valence-electron chi connectivity index (χ1n) is 10.4. The highest BCUT2D eigenvalue weighted by Crippen LogP contribution is 2.30. The van der Waals surface area contributed by atoms with Crippen molar-refractivity contribution in [1.29, 1.82) is 0 Å². The van der Waals surface area contributed by atoms with Crippen LogP contribution in [0.25, 0.3) is 10.4 Å². The van der Waals surface area contributed by atoms with Gasteiger partial charge in [-0.25, -0.2) is 17.6 Å². The van der Waals surface area contributed by atoms with E-state index in [1.807, 2.05) is 5.32 Å². The van der Waals surface area contributed by atoms with Crippen LogP contribution in [0.15, 0.2) is 5.11 Å². The first-order valence-corrected chi connectivity index (χ1v) is 10.4. The summed E-state index contributed by atoms with van der Waals surface area (Å²) in [6.45, 7) is -1.03. The Morgan fingerprint density at radius 2 is 1.53 bits per heavy atom. The van der Waals surface area contributed by atoms with Crippen LogP contribution in [0.4, 0.5) is 23.2 Å². The van der Waals surface area contributed by atoms with Crippen molar-refractivity contribution in [2.24, 2.45) is 5.11 Å². The zero-order chi connectivity index (χ0) is 26.8. The van der Waals surface area contributed by atoms with Gasteiger partial charge in [0.2, 0.25) is 0 Å². The fraction of sp³-hybridized carbons (Fsp3) is 0.632. The number of nitrogens with zero attached hydrogens (tertiary/aromatic N) is 3. The molecule has 1 aliphatic rings. The lowest BCUT2D eigenvalue weighted by Crippen LogP contribution is -2.59. The van der Waals surface area contributed by atoms with Crippen LogP contribution in [-0.2, 0) is 18.9 Å². The van der Waals surface area contributed by atoms with E-state index < -0.39 is 77.7 Å². The van der Waals surface area contributed by atoms with E-state index in [0.717, 1.165) is 0 Å². The Balaban J connectivity index is 1.64. The maximum absolute atomic E-state index is 13.9. The average Bonchev–Trinajstić information content (AvgIpc) is 2.86. The summed E-state index contributed by atoms with van der Waals surface area (Å²) >= 11 is 0.